The van der Waals surface area contributed by atoms with Crippen molar-refractivity contribution in [2.45, 2.75) is 10.9 Å². The molecule has 130 valence electrons. The molecule has 1 aromatic carbocycles. The summed E-state index contributed by atoms with van der Waals surface area (Å²) in [4.78, 5) is 39.0. The molecule has 0 fully saturated rings. The van der Waals surface area contributed by atoms with Crippen molar-refractivity contribution in [1.82, 2.24) is 24.5 Å². The van der Waals surface area contributed by atoms with Crippen LogP contribution in [0.5, 0.6) is 0 Å². The van der Waals surface area contributed by atoms with E-state index >= 15 is 0 Å². The second-order valence-corrected chi connectivity index (χ2v) is 7.47. The Kier molecular flexibility index (Phi) is 4.58. The number of benzene rings is 1. The number of thioether (sulfide) groups is 1. The fourth-order valence-electron chi connectivity index (χ4n) is 2.31. The van der Waals surface area contributed by atoms with E-state index in [9.17, 15) is 9.59 Å². The summed E-state index contributed by atoms with van der Waals surface area (Å²) in [5.41, 5.74) is 2.75. The first kappa shape index (κ1) is 17.0. The third kappa shape index (κ3) is 3.28. The van der Waals surface area contributed by atoms with Gasteiger partial charge in [0.25, 0.3) is 5.56 Å². The summed E-state index contributed by atoms with van der Waals surface area (Å²) in [6, 6.07) is 7.46. The molecule has 0 bridgehead atoms. The molecule has 26 heavy (non-hydrogen) atoms. The van der Waals surface area contributed by atoms with Gasteiger partial charge >= 0.3 is 5.69 Å². The molecule has 3 aromatic heterocycles. The van der Waals surface area contributed by atoms with Crippen LogP contribution in [0.1, 0.15) is 5.56 Å². The molecule has 0 radical (unpaired) electrons. The minimum Gasteiger partial charge on any atom is -0.311 e. The van der Waals surface area contributed by atoms with Gasteiger partial charge in [-0.05, 0) is 17.7 Å². The second-order valence-electron chi connectivity index (χ2n) is 5.23. The third-order valence-electron chi connectivity index (χ3n) is 3.54. The molecule has 0 aliphatic heterocycles. The van der Waals surface area contributed by atoms with Crippen molar-refractivity contribution in [2.75, 3.05) is 0 Å². The third-order valence-corrected chi connectivity index (χ3v) is 5.60. The van der Waals surface area contributed by atoms with Crippen molar-refractivity contribution < 1.29 is 0 Å². The molecule has 0 amide bonds. The van der Waals surface area contributed by atoms with Crippen LogP contribution < -0.4 is 11.2 Å². The molecule has 0 spiro atoms. The van der Waals surface area contributed by atoms with E-state index in [4.69, 9.17) is 11.6 Å². The number of halogens is 1. The molecule has 3 heterocycles. The van der Waals surface area contributed by atoms with Crippen LogP contribution in [0.2, 0.25) is 5.02 Å². The fraction of sp³-hybridized carbons (Fsp3) is 0.0625. The standard InChI is InChI=1S/C16H10ClN5O2S2/c17-10-3-1-9(2-4-10)7-25-16-21-13-12(26-8-20-13)14(23)22(16)11-5-18-15(24)19-6-11/h1-6,8H,7H2,(H,18,19,24). The van der Waals surface area contributed by atoms with E-state index in [2.05, 4.69) is 19.9 Å². The maximum absolute atomic E-state index is 12.9. The van der Waals surface area contributed by atoms with E-state index in [-0.39, 0.29) is 5.56 Å². The first-order chi connectivity index (χ1) is 12.6. The quantitative estimate of drug-likeness (QED) is 0.416. The van der Waals surface area contributed by atoms with Gasteiger partial charge in [0.2, 0.25) is 0 Å². The van der Waals surface area contributed by atoms with Crippen LogP contribution >= 0.6 is 34.7 Å². The van der Waals surface area contributed by atoms with Crippen molar-refractivity contribution in [3.8, 4) is 5.69 Å². The summed E-state index contributed by atoms with van der Waals surface area (Å²) in [5, 5.41) is 1.13. The van der Waals surface area contributed by atoms with Crippen LogP contribution in [0, 0.1) is 0 Å². The summed E-state index contributed by atoms with van der Waals surface area (Å²) in [5.74, 6) is 0.593. The second kappa shape index (κ2) is 7.02. The summed E-state index contributed by atoms with van der Waals surface area (Å²) < 4.78 is 1.89. The molecular formula is C16H10ClN5O2S2. The molecule has 4 rings (SSSR count). The molecule has 1 N–H and O–H groups in total. The molecule has 0 atom stereocenters. The molecule has 0 aliphatic rings. The summed E-state index contributed by atoms with van der Waals surface area (Å²) in [7, 11) is 0. The van der Waals surface area contributed by atoms with Crippen LogP contribution in [0.4, 0.5) is 0 Å². The molecule has 4 aromatic rings. The number of hydrogen-bond donors (Lipinski definition) is 1. The highest BCUT2D eigenvalue weighted by atomic mass is 35.5. The Balaban J connectivity index is 1.80. The Morgan fingerprint density at radius 1 is 1.19 bits per heavy atom. The predicted molar refractivity (Wildman–Crippen MR) is 102 cm³/mol. The van der Waals surface area contributed by atoms with Crippen LogP contribution in [-0.2, 0) is 5.75 Å². The fourth-order valence-corrected chi connectivity index (χ4v) is 4.04. The van der Waals surface area contributed by atoms with Crippen LogP contribution in [0.15, 0.2) is 56.9 Å². The Bertz CT molecular complexity index is 1180. The van der Waals surface area contributed by atoms with Gasteiger partial charge in [0, 0.05) is 17.0 Å². The lowest BCUT2D eigenvalue weighted by atomic mass is 10.2. The average molecular weight is 404 g/mol. The number of aromatic nitrogens is 5. The van der Waals surface area contributed by atoms with Gasteiger partial charge in [-0.15, -0.1) is 11.3 Å². The Hall–Kier alpha value is -2.49. The highest BCUT2D eigenvalue weighted by Crippen LogP contribution is 2.25. The molecule has 0 saturated heterocycles. The highest BCUT2D eigenvalue weighted by molar-refractivity contribution is 7.98. The van der Waals surface area contributed by atoms with E-state index in [0.29, 0.717) is 32.0 Å². The van der Waals surface area contributed by atoms with Gasteiger partial charge in [0.05, 0.1) is 17.4 Å². The zero-order valence-corrected chi connectivity index (χ0v) is 15.4. The molecule has 0 unspecified atom stereocenters. The number of H-pyrrole nitrogens is 1. The van der Waals surface area contributed by atoms with Gasteiger partial charge in [-0.25, -0.2) is 14.8 Å². The summed E-state index contributed by atoms with van der Waals surface area (Å²) in [6.45, 7) is 0. The minimum absolute atomic E-state index is 0.245. The minimum atomic E-state index is -0.482. The Labute approximate surface area is 159 Å². The van der Waals surface area contributed by atoms with Gasteiger partial charge in [-0.2, -0.15) is 4.98 Å². The Morgan fingerprint density at radius 3 is 2.73 bits per heavy atom. The summed E-state index contributed by atoms with van der Waals surface area (Å²) >= 11 is 8.53. The lowest BCUT2D eigenvalue weighted by Gasteiger charge is -2.11. The number of aromatic amines is 1. The largest absolute Gasteiger partial charge is 0.345 e. The van der Waals surface area contributed by atoms with Crippen LogP contribution in [0.25, 0.3) is 16.0 Å². The Morgan fingerprint density at radius 2 is 2.00 bits per heavy atom. The van der Waals surface area contributed by atoms with Crippen molar-refractivity contribution in [3.05, 3.63) is 73.6 Å². The van der Waals surface area contributed by atoms with E-state index in [0.717, 1.165) is 5.56 Å². The summed E-state index contributed by atoms with van der Waals surface area (Å²) in [6.07, 6.45) is 2.79. The van der Waals surface area contributed by atoms with Gasteiger partial charge in [0.15, 0.2) is 10.8 Å². The van der Waals surface area contributed by atoms with Crippen molar-refractivity contribution in [3.63, 3.8) is 0 Å². The lowest BCUT2D eigenvalue weighted by Crippen LogP contribution is -2.22. The predicted octanol–water partition coefficient (Wildman–Crippen LogP) is 2.87. The van der Waals surface area contributed by atoms with Crippen molar-refractivity contribution in [1.29, 1.82) is 0 Å². The van der Waals surface area contributed by atoms with E-state index in [1.807, 2.05) is 24.3 Å². The maximum atomic E-state index is 12.9. The van der Waals surface area contributed by atoms with Gasteiger partial charge < -0.3 is 4.98 Å². The molecule has 0 saturated carbocycles. The molecular weight excluding hydrogens is 394 g/mol. The zero-order chi connectivity index (χ0) is 18.1. The van der Waals surface area contributed by atoms with E-state index in [1.165, 1.54) is 40.1 Å². The number of rotatable bonds is 4. The normalized spacial score (nSPS) is 11.1. The lowest BCUT2D eigenvalue weighted by molar-refractivity contribution is 0.804. The first-order valence-electron chi connectivity index (χ1n) is 7.40. The monoisotopic (exact) mass is 403 g/mol. The van der Waals surface area contributed by atoms with Gasteiger partial charge in [-0.1, -0.05) is 35.5 Å². The number of fused-ring (bicyclic) bond motifs is 1. The van der Waals surface area contributed by atoms with E-state index in [1.54, 1.807) is 5.51 Å². The van der Waals surface area contributed by atoms with Gasteiger partial charge in [0.1, 0.15) is 4.70 Å². The maximum Gasteiger partial charge on any atom is 0.345 e. The highest BCUT2D eigenvalue weighted by Gasteiger charge is 2.15. The van der Waals surface area contributed by atoms with Crippen molar-refractivity contribution in [2.24, 2.45) is 0 Å². The number of hydrogen-bond acceptors (Lipinski definition) is 7. The van der Waals surface area contributed by atoms with Crippen molar-refractivity contribution >= 4 is 45.0 Å². The topological polar surface area (TPSA) is 93.5 Å². The van der Waals surface area contributed by atoms with E-state index < -0.39 is 5.69 Å². The smallest absolute Gasteiger partial charge is 0.311 e. The van der Waals surface area contributed by atoms with Gasteiger partial charge in [-0.3, -0.25) is 9.36 Å². The molecule has 10 heteroatoms. The number of thiazole rings is 1. The average Bonchev–Trinajstić information content (AvgIpc) is 3.11. The SMILES string of the molecule is O=c1ncc(-n2c(SCc3ccc(Cl)cc3)nc3ncsc3c2=O)c[nH]1. The van der Waals surface area contributed by atoms with Crippen LogP contribution in [0.3, 0.4) is 0 Å². The number of nitrogens with zero attached hydrogens (tertiary/aromatic N) is 4. The number of nitrogens with one attached hydrogen (secondary N) is 1. The molecule has 7 nitrogen and oxygen atoms in total. The zero-order valence-electron chi connectivity index (χ0n) is 13.0. The molecule has 0 aliphatic carbocycles. The first-order valence-corrected chi connectivity index (χ1v) is 9.65. The van der Waals surface area contributed by atoms with Crippen LogP contribution in [-0.4, -0.2) is 24.5 Å².